The monoisotopic (exact) mass is 253 g/mol. The summed E-state index contributed by atoms with van der Waals surface area (Å²) in [7, 11) is 0. The lowest BCUT2D eigenvalue weighted by Gasteiger charge is -2.23. The molecule has 1 heterocycles. The van der Waals surface area contributed by atoms with Gasteiger partial charge in [0.25, 0.3) is 5.91 Å². The molecule has 1 N–H and O–H groups in total. The van der Waals surface area contributed by atoms with Crippen LogP contribution in [0.15, 0.2) is 11.6 Å². The lowest BCUT2D eigenvalue weighted by Crippen LogP contribution is -2.40. The molecule has 1 rings (SSSR count). The minimum Gasteiger partial charge on any atom is -0.478 e. The van der Waals surface area contributed by atoms with Gasteiger partial charge in [-0.1, -0.05) is 32.6 Å². The molecule has 0 aromatic heterocycles. The van der Waals surface area contributed by atoms with Gasteiger partial charge in [-0.25, -0.2) is 4.79 Å². The number of hydrogen-bond donors (Lipinski definition) is 1. The second-order valence-corrected chi connectivity index (χ2v) is 4.45. The molecule has 2 amide bonds. The van der Waals surface area contributed by atoms with Gasteiger partial charge in [-0.05, 0) is 6.42 Å². The van der Waals surface area contributed by atoms with E-state index in [0.717, 1.165) is 43.1 Å². The summed E-state index contributed by atoms with van der Waals surface area (Å²) < 4.78 is 0. The van der Waals surface area contributed by atoms with Crippen molar-refractivity contribution in [3.8, 4) is 0 Å². The molecule has 0 aliphatic carbocycles. The van der Waals surface area contributed by atoms with E-state index >= 15 is 0 Å². The highest BCUT2D eigenvalue weighted by Gasteiger charge is 2.28. The number of carbonyl (C=O) groups excluding carboxylic acids is 2. The Morgan fingerprint density at radius 3 is 2.50 bits per heavy atom. The van der Waals surface area contributed by atoms with Crippen molar-refractivity contribution in [2.45, 2.75) is 45.4 Å². The summed E-state index contributed by atoms with van der Waals surface area (Å²) in [5.74, 6) is -2.10. The Bertz CT molecular complexity index is 373. The topological polar surface area (TPSA) is 74.7 Å². The Hall–Kier alpha value is -1.65. The predicted molar refractivity (Wildman–Crippen MR) is 65.8 cm³/mol. The van der Waals surface area contributed by atoms with Crippen LogP contribution in [0, 0.1) is 0 Å². The Kier molecular flexibility index (Phi) is 5.55. The number of carboxylic acid groups (broad SMARTS) is 1. The van der Waals surface area contributed by atoms with Crippen LogP contribution < -0.4 is 0 Å². The highest BCUT2D eigenvalue weighted by molar-refractivity contribution is 6.11. The average molecular weight is 253 g/mol. The van der Waals surface area contributed by atoms with Crippen LogP contribution in [0.1, 0.15) is 45.4 Å². The number of imide groups is 1. The zero-order chi connectivity index (χ0) is 13.5. The first-order valence-electron chi connectivity index (χ1n) is 6.34. The van der Waals surface area contributed by atoms with Gasteiger partial charge in [-0.15, -0.1) is 0 Å². The van der Waals surface area contributed by atoms with E-state index in [4.69, 9.17) is 5.11 Å². The van der Waals surface area contributed by atoms with E-state index in [1.807, 2.05) is 0 Å². The normalized spacial score (nSPS) is 15.8. The summed E-state index contributed by atoms with van der Waals surface area (Å²) >= 11 is 0. The minimum atomic E-state index is -1.20. The van der Waals surface area contributed by atoms with E-state index in [1.54, 1.807) is 0 Å². The molecule has 0 saturated carbocycles. The Morgan fingerprint density at radius 2 is 1.94 bits per heavy atom. The molecule has 0 saturated heterocycles. The second-order valence-electron chi connectivity index (χ2n) is 4.45. The molecule has 0 fully saturated rings. The van der Waals surface area contributed by atoms with Crippen molar-refractivity contribution in [3.63, 3.8) is 0 Å². The first-order chi connectivity index (χ1) is 8.56. The van der Waals surface area contributed by atoms with Gasteiger partial charge >= 0.3 is 5.97 Å². The van der Waals surface area contributed by atoms with Gasteiger partial charge in [0.2, 0.25) is 5.91 Å². The fourth-order valence-corrected chi connectivity index (χ4v) is 1.90. The van der Waals surface area contributed by atoms with Crippen molar-refractivity contribution in [1.29, 1.82) is 0 Å². The number of carbonyl (C=O) groups is 3. The fourth-order valence-electron chi connectivity index (χ4n) is 1.90. The molecule has 0 atom stereocenters. The standard InChI is InChI=1S/C13H19NO4/c1-2-3-4-5-6-7-14-11(15)8-10(13(17)18)9-12(14)16/h8H,2-7,9H2,1H3,(H,17,18). The molecule has 1 aliphatic heterocycles. The van der Waals surface area contributed by atoms with Gasteiger partial charge in [0.1, 0.15) is 0 Å². The van der Waals surface area contributed by atoms with Gasteiger partial charge in [0.15, 0.2) is 0 Å². The first kappa shape index (κ1) is 14.4. The third-order valence-electron chi connectivity index (χ3n) is 2.97. The molecule has 1 aliphatic rings. The lowest BCUT2D eigenvalue weighted by molar-refractivity contribution is -0.145. The number of carboxylic acids is 1. The maximum atomic E-state index is 11.6. The van der Waals surface area contributed by atoms with E-state index in [-0.39, 0.29) is 12.0 Å². The van der Waals surface area contributed by atoms with E-state index in [1.165, 1.54) is 0 Å². The Morgan fingerprint density at radius 1 is 1.28 bits per heavy atom. The van der Waals surface area contributed by atoms with Crippen molar-refractivity contribution in [3.05, 3.63) is 11.6 Å². The smallest absolute Gasteiger partial charge is 0.332 e. The molecule has 0 bridgehead atoms. The minimum absolute atomic E-state index is 0.118. The summed E-state index contributed by atoms with van der Waals surface area (Å²) in [6.07, 6.45) is 6.04. The highest BCUT2D eigenvalue weighted by Crippen LogP contribution is 2.15. The van der Waals surface area contributed by atoms with Gasteiger partial charge in [-0.3, -0.25) is 14.5 Å². The molecule has 0 spiro atoms. The number of amides is 2. The van der Waals surface area contributed by atoms with E-state index < -0.39 is 17.8 Å². The summed E-state index contributed by atoms with van der Waals surface area (Å²) in [6.45, 7) is 2.51. The molecule has 5 nitrogen and oxygen atoms in total. The number of hydrogen-bond acceptors (Lipinski definition) is 3. The summed E-state index contributed by atoms with van der Waals surface area (Å²) in [6, 6.07) is 0. The quantitative estimate of drug-likeness (QED) is 0.554. The van der Waals surface area contributed by atoms with Crippen LogP contribution in [-0.4, -0.2) is 34.3 Å². The summed E-state index contributed by atoms with van der Waals surface area (Å²) in [5, 5.41) is 8.74. The molecular formula is C13H19NO4. The molecule has 18 heavy (non-hydrogen) atoms. The fraction of sp³-hybridized carbons (Fsp3) is 0.615. The van der Waals surface area contributed by atoms with Crippen molar-refractivity contribution in [2.24, 2.45) is 0 Å². The van der Waals surface area contributed by atoms with E-state index in [2.05, 4.69) is 6.92 Å². The van der Waals surface area contributed by atoms with Gasteiger partial charge < -0.3 is 5.11 Å². The van der Waals surface area contributed by atoms with Crippen molar-refractivity contribution >= 4 is 17.8 Å². The maximum Gasteiger partial charge on any atom is 0.332 e. The third kappa shape index (κ3) is 3.98. The molecule has 0 radical (unpaired) electrons. The maximum absolute atomic E-state index is 11.6. The molecular weight excluding hydrogens is 234 g/mol. The number of rotatable bonds is 7. The highest BCUT2D eigenvalue weighted by atomic mass is 16.4. The summed E-state index contributed by atoms with van der Waals surface area (Å²) in [5.41, 5.74) is -0.118. The Labute approximate surface area is 106 Å². The molecule has 100 valence electrons. The van der Waals surface area contributed by atoms with E-state index in [9.17, 15) is 14.4 Å². The zero-order valence-corrected chi connectivity index (χ0v) is 10.6. The molecule has 5 heteroatoms. The van der Waals surface area contributed by atoms with Gasteiger partial charge in [-0.2, -0.15) is 0 Å². The Balaban J connectivity index is 2.45. The van der Waals surface area contributed by atoms with Crippen molar-refractivity contribution in [2.75, 3.05) is 6.54 Å². The largest absolute Gasteiger partial charge is 0.478 e. The number of unbranched alkanes of at least 4 members (excludes halogenated alkanes) is 4. The van der Waals surface area contributed by atoms with Crippen molar-refractivity contribution < 1.29 is 19.5 Å². The molecule has 0 aromatic rings. The predicted octanol–water partition coefficient (Wildman–Crippen LogP) is 1.73. The first-order valence-corrected chi connectivity index (χ1v) is 6.34. The second kappa shape index (κ2) is 6.93. The lowest BCUT2D eigenvalue weighted by atomic mass is 10.1. The van der Waals surface area contributed by atoms with Crippen LogP contribution in [0.25, 0.3) is 0 Å². The molecule has 0 aromatic carbocycles. The van der Waals surface area contributed by atoms with Crippen LogP contribution in [0.2, 0.25) is 0 Å². The number of nitrogens with zero attached hydrogens (tertiary/aromatic N) is 1. The van der Waals surface area contributed by atoms with Crippen LogP contribution in [0.5, 0.6) is 0 Å². The van der Waals surface area contributed by atoms with Crippen LogP contribution >= 0.6 is 0 Å². The van der Waals surface area contributed by atoms with Gasteiger partial charge in [0, 0.05) is 12.6 Å². The van der Waals surface area contributed by atoms with Crippen LogP contribution in [-0.2, 0) is 14.4 Å². The van der Waals surface area contributed by atoms with Crippen LogP contribution in [0.3, 0.4) is 0 Å². The SMILES string of the molecule is CCCCCCCN1C(=O)C=C(C(=O)O)CC1=O. The average Bonchev–Trinajstić information content (AvgIpc) is 2.31. The third-order valence-corrected chi connectivity index (χ3v) is 2.97. The van der Waals surface area contributed by atoms with Crippen molar-refractivity contribution in [1.82, 2.24) is 4.90 Å². The molecule has 0 unspecified atom stereocenters. The van der Waals surface area contributed by atoms with E-state index in [0.29, 0.717) is 6.54 Å². The van der Waals surface area contributed by atoms with Crippen LogP contribution in [0.4, 0.5) is 0 Å². The zero-order valence-electron chi connectivity index (χ0n) is 10.6. The number of aliphatic carboxylic acids is 1. The van der Waals surface area contributed by atoms with Gasteiger partial charge in [0.05, 0.1) is 12.0 Å². The summed E-state index contributed by atoms with van der Waals surface area (Å²) in [4.78, 5) is 35.1.